The first-order valence-corrected chi connectivity index (χ1v) is 8.73. The molecule has 0 aliphatic carbocycles. The van der Waals surface area contributed by atoms with Crippen LogP contribution in [0.3, 0.4) is 0 Å². The Labute approximate surface area is 163 Å². The minimum absolute atomic E-state index is 0.0646. The summed E-state index contributed by atoms with van der Waals surface area (Å²) in [7, 11) is 2.98. The SMILES string of the molecule is COc1cc(Br)cc(/C=C2/NC(=O)N(Cc3ccccc3F)C2=O)c1OC. The first kappa shape index (κ1) is 18.9. The van der Waals surface area contributed by atoms with Crippen molar-refractivity contribution in [1.29, 1.82) is 0 Å². The Kier molecular flexibility index (Phi) is 5.46. The van der Waals surface area contributed by atoms with Gasteiger partial charge in [-0.25, -0.2) is 9.18 Å². The van der Waals surface area contributed by atoms with Gasteiger partial charge in [0.25, 0.3) is 5.91 Å². The van der Waals surface area contributed by atoms with Gasteiger partial charge in [0, 0.05) is 15.6 Å². The van der Waals surface area contributed by atoms with E-state index in [9.17, 15) is 14.0 Å². The van der Waals surface area contributed by atoms with E-state index in [1.807, 2.05) is 0 Å². The molecule has 0 radical (unpaired) electrons. The largest absolute Gasteiger partial charge is 0.493 e. The van der Waals surface area contributed by atoms with Crippen molar-refractivity contribution in [3.05, 3.63) is 63.5 Å². The van der Waals surface area contributed by atoms with Crippen LogP contribution in [0.5, 0.6) is 11.5 Å². The van der Waals surface area contributed by atoms with Gasteiger partial charge < -0.3 is 14.8 Å². The number of ether oxygens (including phenoxy) is 2. The Morgan fingerprint density at radius 2 is 1.93 bits per heavy atom. The van der Waals surface area contributed by atoms with E-state index in [2.05, 4.69) is 21.2 Å². The van der Waals surface area contributed by atoms with E-state index >= 15 is 0 Å². The molecule has 2 aromatic carbocycles. The first-order valence-electron chi connectivity index (χ1n) is 7.94. The highest BCUT2D eigenvalue weighted by atomic mass is 79.9. The van der Waals surface area contributed by atoms with E-state index in [1.54, 1.807) is 24.3 Å². The second-order valence-electron chi connectivity index (χ2n) is 5.70. The zero-order valence-electron chi connectivity index (χ0n) is 14.6. The lowest BCUT2D eigenvalue weighted by Crippen LogP contribution is -2.30. The van der Waals surface area contributed by atoms with Gasteiger partial charge in [0.05, 0.1) is 20.8 Å². The summed E-state index contributed by atoms with van der Waals surface area (Å²) in [5.74, 6) is -0.139. The number of halogens is 2. The first-order chi connectivity index (χ1) is 12.9. The number of nitrogens with zero attached hydrogens (tertiary/aromatic N) is 1. The number of urea groups is 1. The van der Waals surface area contributed by atoms with Crippen LogP contribution in [0.2, 0.25) is 0 Å². The van der Waals surface area contributed by atoms with Crippen molar-refractivity contribution in [2.24, 2.45) is 0 Å². The molecule has 0 saturated carbocycles. The van der Waals surface area contributed by atoms with Gasteiger partial charge >= 0.3 is 6.03 Å². The highest BCUT2D eigenvalue weighted by Gasteiger charge is 2.34. The Morgan fingerprint density at radius 3 is 2.59 bits per heavy atom. The maximum atomic E-state index is 13.8. The summed E-state index contributed by atoms with van der Waals surface area (Å²) in [6, 6.07) is 8.83. The number of methoxy groups -OCH3 is 2. The highest BCUT2D eigenvalue weighted by Crippen LogP contribution is 2.36. The van der Waals surface area contributed by atoms with Crippen LogP contribution in [0.4, 0.5) is 9.18 Å². The number of hydrogen-bond donors (Lipinski definition) is 1. The maximum absolute atomic E-state index is 13.8. The standard InChI is InChI=1S/C19H16BrFN2O4/c1-26-16-9-13(20)7-12(17(16)27-2)8-15-18(24)23(19(25)22-15)10-11-5-3-4-6-14(11)21/h3-9H,10H2,1-2H3,(H,22,25)/b15-8+. The lowest BCUT2D eigenvalue weighted by molar-refractivity contribution is -0.123. The lowest BCUT2D eigenvalue weighted by Gasteiger charge is -2.12. The van der Waals surface area contributed by atoms with E-state index in [1.165, 1.54) is 32.4 Å². The quantitative estimate of drug-likeness (QED) is 0.575. The average molecular weight is 435 g/mol. The Balaban J connectivity index is 1.93. The number of imide groups is 1. The fourth-order valence-electron chi connectivity index (χ4n) is 2.73. The van der Waals surface area contributed by atoms with Gasteiger partial charge in [0.1, 0.15) is 11.5 Å². The van der Waals surface area contributed by atoms with Crippen LogP contribution in [-0.2, 0) is 11.3 Å². The van der Waals surface area contributed by atoms with Gasteiger partial charge in [-0.15, -0.1) is 0 Å². The van der Waals surface area contributed by atoms with Crippen molar-refractivity contribution >= 4 is 33.9 Å². The van der Waals surface area contributed by atoms with E-state index in [4.69, 9.17) is 9.47 Å². The molecule has 1 fully saturated rings. The van der Waals surface area contributed by atoms with E-state index in [-0.39, 0.29) is 17.8 Å². The molecule has 0 bridgehead atoms. The van der Waals surface area contributed by atoms with Gasteiger partial charge in [0.15, 0.2) is 11.5 Å². The zero-order chi connectivity index (χ0) is 19.6. The molecule has 0 atom stereocenters. The molecule has 6 nitrogen and oxygen atoms in total. The predicted octanol–water partition coefficient (Wildman–Crippen LogP) is 3.70. The van der Waals surface area contributed by atoms with Gasteiger partial charge in [-0.3, -0.25) is 9.69 Å². The minimum Gasteiger partial charge on any atom is -0.493 e. The summed E-state index contributed by atoms with van der Waals surface area (Å²) in [4.78, 5) is 25.8. The summed E-state index contributed by atoms with van der Waals surface area (Å²) in [5, 5.41) is 2.51. The molecule has 3 amide bonds. The molecule has 140 valence electrons. The summed E-state index contributed by atoms with van der Waals surface area (Å²) >= 11 is 3.37. The normalized spacial score (nSPS) is 15.3. The Hall–Kier alpha value is -2.87. The molecule has 1 heterocycles. The second-order valence-corrected chi connectivity index (χ2v) is 6.62. The van der Waals surface area contributed by atoms with E-state index in [0.717, 1.165) is 4.90 Å². The number of nitrogens with one attached hydrogen (secondary N) is 1. The number of carbonyl (C=O) groups excluding carboxylic acids is 2. The molecular formula is C19H16BrFN2O4. The van der Waals surface area contributed by atoms with Gasteiger partial charge in [-0.2, -0.15) is 0 Å². The number of benzene rings is 2. The molecule has 0 aromatic heterocycles. The monoisotopic (exact) mass is 434 g/mol. The van der Waals surface area contributed by atoms with Crippen LogP contribution in [0.25, 0.3) is 6.08 Å². The van der Waals surface area contributed by atoms with Gasteiger partial charge in [-0.05, 0) is 24.3 Å². The van der Waals surface area contributed by atoms with E-state index < -0.39 is 17.8 Å². The summed E-state index contributed by atoms with van der Waals surface area (Å²) in [6.07, 6.45) is 1.49. The third kappa shape index (κ3) is 3.80. The summed E-state index contributed by atoms with van der Waals surface area (Å²) < 4.78 is 25.2. The smallest absolute Gasteiger partial charge is 0.329 e. The van der Waals surface area contributed by atoms with Crippen molar-refractivity contribution in [3.8, 4) is 11.5 Å². The highest BCUT2D eigenvalue weighted by molar-refractivity contribution is 9.10. The van der Waals surface area contributed by atoms with Crippen LogP contribution < -0.4 is 14.8 Å². The molecule has 0 spiro atoms. The summed E-state index contributed by atoms with van der Waals surface area (Å²) in [6.45, 7) is -0.159. The van der Waals surface area contributed by atoms with Crippen molar-refractivity contribution < 1.29 is 23.5 Å². The fraction of sp³-hybridized carbons (Fsp3) is 0.158. The van der Waals surface area contributed by atoms with Gasteiger partial charge in [0.2, 0.25) is 0 Å². The topological polar surface area (TPSA) is 67.9 Å². The van der Waals surface area contributed by atoms with Crippen LogP contribution in [-0.4, -0.2) is 31.1 Å². The van der Waals surface area contributed by atoms with Crippen molar-refractivity contribution in [2.45, 2.75) is 6.54 Å². The molecule has 1 aliphatic rings. The van der Waals surface area contributed by atoms with Crippen LogP contribution in [0.1, 0.15) is 11.1 Å². The zero-order valence-corrected chi connectivity index (χ0v) is 16.2. The number of amides is 3. The van der Waals surface area contributed by atoms with Crippen molar-refractivity contribution in [1.82, 2.24) is 10.2 Å². The second kappa shape index (κ2) is 7.79. The molecule has 27 heavy (non-hydrogen) atoms. The van der Waals surface area contributed by atoms with Crippen LogP contribution >= 0.6 is 15.9 Å². The fourth-order valence-corrected chi connectivity index (χ4v) is 3.19. The molecule has 1 N–H and O–H groups in total. The third-order valence-corrected chi connectivity index (χ3v) is 4.48. The van der Waals surface area contributed by atoms with Crippen molar-refractivity contribution in [2.75, 3.05) is 14.2 Å². The molecular weight excluding hydrogens is 419 g/mol. The van der Waals surface area contributed by atoms with Crippen LogP contribution in [0, 0.1) is 5.82 Å². The van der Waals surface area contributed by atoms with Crippen molar-refractivity contribution in [3.63, 3.8) is 0 Å². The molecule has 1 saturated heterocycles. The minimum atomic E-state index is -0.615. The molecule has 0 unspecified atom stereocenters. The third-order valence-electron chi connectivity index (χ3n) is 4.02. The average Bonchev–Trinajstić information content (AvgIpc) is 2.90. The Bertz CT molecular complexity index is 945. The van der Waals surface area contributed by atoms with Crippen LogP contribution in [0.15, 0.2) is 46.6 Å². The number of hydrogen-bond acceptors (Lipinski definition) is 4. The molecule has 1 aliphatic heterocycles. The summed E-state index contributed by atoms with van der Waals surface area (Å²) in [5.41, 5.74) is 0.860. The van der Waals surface area contributed by atoms with E-state index in [0.29, 0.717) is 21.5 Å². The predicted molar refractivity (Wildman–Crippen MR) is 101 cm³/mol. The molecule has 3 rings (SSSR count). The lowest BCUT2D eigenvalue weighted by atomic mass is 10.1. The number of carbonyl (C=O) groups is 2. The number of rotatable bonds is 5. The Morgan fingerprint density at radius 1 is 1.19 bits per heavy atom. The molecule has 8 heteroatoms. The molecule has 2 aromatic rings. The maximum Gasteiger partial charge on any atom is 0.329 e. The van der Waals surface area contributed by atoms with Gasteiger partial charge in [-0.1, -0.05) is 34.1 Å².